The fraction of sp³-hybridized carbons (Fsp3) is 0.360. The van der Waals surface area contributed by atoms with E-state index >= 15 is 0 Å². The molecular formula is C25H18F2N4O2. The standard InChI is InChI=1S/C25H18F2N4O2/c26-17-6-7-19(27)18(11-17)21-23(12-28,13-29)24(14-30)20-10-16(15-4-2-1-3-5-15)8-9-25(20,32-21)33-22(24)31/h1-7,11,16,20-21,31H,8-10H2. The van der Waals surface area contributed by atoms with Crippen molar-refractivity contribution in [1.82, 2.24) is 0 Å². The van der Waals surface area contributed by atoms with Crippen LogP contribution in [-0.4, -0.2) is 11.7 Å². The van der Waals surface area contributed by atoms with E-state index in [-0.39, 0.29) is 17.9 Å². The zero-order valence-electron chi connectivity index (χ0n) is 17.4. The summed E-state index contributed by atoms with van der Waals surface area (Å²) < 4.78 is 41.0. The molecule has 6 nitrogen and oxygen atoms in total. The SMILES string of the molecule is N#CC1(C#N)C(c2cc(F)ccc2F)OC23CCC(c4ccccc4)CC2C1(C#N)C(=N)O3. The molecule has 33 heavy (non-hydrogen) atoms. The minimum Gasteiger partial charge on any atom is -0.447 e. The number of ether oxygens (including phenoxy) is 2. The van der Waals surface area contributed by atoms with Crippen molar-refractivity contribution >= 4 is 5.90 Å². The highest BCUT2D eigenvalue weighted by Crippen LogP contribution is 2.70. The second kappa shape index (κ2) is 7.10. The number of nitrogens with zero attached hydrogens (tertiary/aromatic N) is 3. The number of rotatable bonds is 2. The fourth-order valence-electron chi connectivity index (χ4n) is 5.86. The molecule has 1 N–H and O–H groups in total. The number of hydrogen-bond acceptors (Lipinski definition) is 6. The molecule has 8 heteroatoms. The van der Waals surface area contributed by atoms with Gasteiger partial charge in [0.05, 0.1) is 24.1 Å². The van der Waals surface area contributed by atoms with Gasteiger partial charge < -0.3 is 9.47 Å². The van der Waals surface area contributed by atoms with Gasteiger partial charge in [0, 0.05) is 12.0 Å². The predicted molar refractivity (Wildman–Crippen MR) is 110 cm³/mol. The van der Waals surface area contributed by atoms with Crippen molar-refractivity contribution in [1.29, 1.82) is 21.2 Å². The van der Waals surface area contributed by atoms with Crippen LogP contribution < -0.4 is 0 Å². The number of benzene rings is 2. The van der Waals surface area contributed by atoms with Gasteiger partial charge in [0.25, 0.3) is 0 Å². The van der Waals surface area contributed by atoms with E-state index in [1.807, 2.05) is 42.5 Å². The van der Waals surface area contributed by atoms with Gasteiger partial charge >= 0.3 is 0 Å². The van der Waals surface area contributed by atoms with Gasteiger partial charge in [-0.15, -0.1) is 0 Å². The molecule has 1 aliphatic carbocycles. The normalized spacial score (nSPS) is 33.7. The fourth-order valence-corrected chi connectivity index (χ4v) is 5.86. The Kier molecular flexibility index (Phi) is 4.53. The lowest BCUT2D eigenvalue weighted by atomic mass is 9.50. The van der Waals surface area contributed by atoms with Crippen LogP contribution in [0, 0.1) is 67.8 Å². The van der Waals surface area contributed by atoms with Crippen molar-refractivity contribution in [3.8, 4) is 18.2 Å². The first-order valence-corrected chi connectivity index (χ1v) is 10.6. The first-order chi connectivity index (χ1) is 15.9. The summed E-state index contributed by atoms with van der Waals surface area (Å²) in [6, 6.07) is 18.1. The summed E-state index contributed by atoms with van der Waals surface area (Å²) in [5.41, 5.74) is -3.65. The van der Waals surface area contributed by atoms with Crippen molar-refractivity contribution < 1.29 is 18.3 Å². The van der Waals surface area contributed by atoms with E-state index in [9.17, 15) is 24.6 Å². The van der Waals surface area contributed by atoms with Crippen LogP contribution in [0.2, 0.25) is 0 Å². The third kappa shape index (κ3) is 2.55. The Morgan fingerprint density at radius 2 is 1.73 bits per heavy atom. The van der Waals surface area contributed by atoms with Crippen molar-refractivity contribution in [3.05, 3.63) is 71.3 Å². The largest absolute Gasteiger partial charge is 0.447 e. The minimum absolute atomic E-state index is 0.00677. The Bertz CT molecular complexity index is 1260. The van der Waals surface area contributed by atoms with Gasteiger partial charge in [-0.25, -0.2) is 8.78 Å². The summed E-state index contributed by atoms with van der Waals surface area (Å²) in [6.45, 7) is 0. The summed E-state index contributed by atoms with van der Waals surface area (Å²) in [5, 5.41) is 39.6. The van der Waals surface area contributed by atoms with Crippen LogP contribution in [0.4, 0.5) is 8.78 Å². The van der Waals surface area contributed by atoms with Crippen LogP contribution >= 0.6 is 0 Å². The van der Waals surface area contributed by atoms with E-state index < -0.39 is 46.2 Å². The topological polar surface area (TPSA) is 114 Å². The van der Waals surface area contributed by atoms with Gasteiger partial charge in [0.1, 0.15) is 17.7 Å². The molecule has 5 unspecified atom stereocenters. The van der Waals surface area contributed by atoms with Crippen LogP contribution in [0.15, 0.2) is 48.5 Å². The van der Waals surface area contributed by atoms with E-state index in [4.69, 9.17) is 14.9 Å². The number of nitrogens with one attached hydrogen (secondary N) is 1. The second-order valence-corrected chi connectivity index (χ2v) is 8.79. The molecule has 2 aliphatic heterocycles. The molecule has 2 bridgehead atoms. The molecule has 3 aliphatic rings. The summed E-state index contributed by atoms with van der Waals surface area (Å²) in [4.78, 5) is 0. The second-order valence-electron chi connectivity index (χ2n) is 8.79. The molecular weight excluding hydrogens is 426 g/mol. The highest BCUT2D eigenvalue weighted by atomic mass is 19.1. The summed E-state index contributed by atoms with van der Waals surface area (Å²) in [7, 11) is 0. The molecule has 2 heterocycles. The van der Waals surface area contributed by atoms with Gasteiger partial charge in [-0.1, -0.05) is 30.3 Å². The third-order valence-electron chi connectivity index (χ3n) is 7.42. The van der Waals surface area contributed by atoms with E-state index in [1.165, 1.54) is 0 Å². The Morgan fingerprint density at radius 1 is 1.00 bits per heavy atom. The molecule has 2 aromatic carbocycles. The maximum absolute atomic E-state index is 14.8. The molecule has 164 valence electrons. The van der Waals surface area contributed by atoms with Gasteiger partial charge in [-0.3, -0.25) is 5.41 Å². The molecule has 2 saturated heterocycles. The van der Waals surface area contributed by atoms with E-state index in [0.29, 0.717) is 12.8 Å². The number of hydrogen-bond donors (Lipinski definition) is 1. The van der Waals surface area contributed by atoms with Gasteiger partial charge in [-0.05, 0) is 42.5 Å². The van der Waals surface area contributed by atoms with Gasteiger partial charge in [-0.2, -0.15) is 15.8 Å². The molecule has 3 fully saturated rings. The zero-order chi connectivity index (χ0) is 23.4. The lowest BCUT2D eigenvalue weighted by Gasteiger charge is -2.52. The Labute approximate surface area is 189 Å². The smallest absolute Gasteiger partial charge is 0.217 e. The summed E-state index contributed by atoms with van der Waals surface area (Å²) >= 11 is 0. The van der Waals surface area contributed by atoms with Crippen molar-refractivity contribution in [2.24, 2.45) is 16.7 Å². The Balaban J connectivity index is 1.71. The molecule has 1 saturated carbocycles. The average molecular weight is 444 g/mol. The summed E-state index contributed by atoms with van der Waals surface area (Å²) in [5.74, 6) is -4.49. The molecule has 5 rings (SSSR count). The maximum Gasteiger partial charge on any atom is 0.217 e. The molecule has 0 spiro atoms. The Morgan fingerprint density at radius 3 is 2.39 bits per heavy atom. The molecule has 5 atom stereocenters. The molecule has 0 amide bonds. The van der Waals surface area contributed by atoms with Crippen LogP contribution in [-0.2, 0) is 9.47 Å². The number of halogens is 2. The quantitative estimate of drug-likeness (QED) is 0.710. The first kappa shape index (κ1) is 21.1. The van der Waals surface area contributed by atoms with E-state index in [2.05, 4.69) is 6.07 Å². The highest BCUT2D eigenvalue weighted by Gasteiger charge is 2.81. The molecule has 2 aromatic rings. The average Bonchev–Trinajstić information content (AvgIpc) is 3.04. The van der Waals surface area contributed by atoms with E-state index in [1.54, 1.807) is 0 Å². The molecule has 0 radical (unpaired) electrons. The van der Waals surface area contributed by atoms with Crippen molar-refractivity contribution in [3.63, 3.8) is 0 Å². The minimum atomic E-state index is -2.32. The lowest BCUT2D eigenvalue weighted by Crippen LogP contribution is -2.61. The van der Waals surface area contributed by atoms with Crippen LogP contribution in [0.1, 0.15) is 42.4 Å². The van der Waals surface area contributed by atoms with Crippen LogP contribution in [0.25, 0.3) is 0 Å². The van der Waals surface area contributed by atoms with Crippen LogP contribution in [0.5, 0.6) is 0 Å². The summed E-state index contributed by atoms with van der Waals surface area (Å²) in [6.07, 6.45) is -0.415. The zero-order valence-corrected chi connectivity index (χ0v) is 17.4. The Hall–Kier alpha value is -3.80. The van der Waals surface area contributed by atoms with Crippen LogP contribution in [0.3, 0.4) is 0 Å². The predicted octanol–water partition coefficient (Wildman–Crippen LogP) is 4.87. The highest BCUT2D eigenvalue weighted by molar-refractivity contribution is 5.89. The van der Waals surface area contributed by atoms with Crippen molar-refractivity contribution in [2.45, 2.75) is 37.1 Å². The monoisotopic (exact) mass is 444 g/mol. The lowest BCUT2D eigenvalue weighted by molar-refractivity contribution is -0.296. The maximum atomic E-state index is 14.8. The molecule has 0 aromatic heterocycles. The van der Waals surface area contributed by atoms with Gasteiger partial charge in [0.15, 0.2) is 5.41 Å². The van der Waals surface area contributed by atoms with E-state index in [0.717, 1.165) is 23.8 Å². The number of nitriles is 3. The van der Waals surface area contributed by atoms with Gasteiger partial charge in [0.2, 0.25) is 17.1 Å². The third-order valence-corrected chi connectivity index (χ3v) is 7.42. The first-order valence-electron chi connectivity index (χ1n) is 10.6. The van der Waals surface area contributed by atoms with Crippen molar-refractivity contribution in [2.75, 3.05) is 0 Å².